The van der Waals surface area contributed by atoms with Crippen LogP contribution in [0.5, 0.6) is 0 Å². The molecule has 2 aliphatic heterocycles. The Morgan fingerprint density at radius 2 is 2.08 bits per heavy atom. The number of hydrogen-bond acceptors (Lipinski definition) is 8. The molecule has 1 amide bonds. The zero-order valence-electron chi connectivity index (χ0n) is 21.4. The minimum Gasteiger partial charge on any atom is -0.381 e. The molecule has 2 N–H and O–H groups in total. The van der Waals surface area contributed by atoms with Crippen molar-refractivity contribution >= 4 is 29.1 Å². The lowest BCUT2D eigenvalue weighted by atomic mass is 9.97. The first-order chi connectivity index (χ1) is 17.7. The highest BCUT2D eigenvalue weighted by molar-refractivity contribution is 5.91. The number of nitrogens with zero attached hydrogens (tertiary/aromatic N) is 7. The lowest BCUT2D eigenvalue weighted by Gasteiger charge is -2.34. The summed E-state index contributed by atoms with van der Waals surface area (Å²) in [6.07, 6.45) is 12.8. The molecule has 4 rings (SSSR count). The predicted molar refractivity (Wildman–Crippen MR) is 143 cm³/mol. The summed E-state index contributed by atoms with van der Waals surface area (Å²) in [7, 11) is 1.87. The first-order valence-corrected chi connectivity index (χ1v) is 12.2. The van der Waals surface area contributed by atoms with Crippen LogP contribution in [0.3, 0.4) is 0 Å². The van der Waals surface area contributed by atoms with Gasteiger partial charge in [0, 0.05) is 73.3 Å². The smallest absolute Gasteiger partial charge is 0.251 e. The quantitative estimate of drug-likeness (QED) is 0.561. The summed E-state index contributed by atoms with van der Waals surface area (Å²) in [5.74, 6) is 0.519. The van der Waals surface area contributed by atoms with Crippen molar-refractivity contribution in [1.29, 1.82) is 5.26 Å². The maximum atomic E-state index is 12.1. The number of amides is 1. The highest BCUT2D eigenvalue weighted by atomic mass is 16.3. The average molecular weight is 501 g/mol. The maximum absolute atomic E-state index is 12.1. The van der Waals surface area contributed by atoms with Crippen LogP contribution >= 0.6 is 0 Å². The zero-order valence-corrected chi connectivity index (χ0v) is 21.4. The number of aliphatic hydroxyl groups is 1. The molecule has 2 aromatic heterocycles. The average Bonchev–Trinajstić information content (AvgIpc) is 3.31. The van der Waals surface area contributed by atoms with E-state index in [1.54, 1.807) is 22.1 Å². The number of rotatable bonds is 7. The molecule has 4 heterocycles. The molecular weight excluding hydrogens is 468 g/mol. The fourth-order valence-corrected chi connectivity index (χ4v) is 4.21. The van der Waals surface area contributed by atoms with Crippen LogP contribution in [0.4, 0.5) is 5.82 Å². The largest absolute Gasteiger partial charge is 0.381 e. The molecule has 0 bridgehead atoms. The van der Waals surface area contributed by atoms with Gasteiger partial charge in [0.2, 0.25) is 0 Å². The van der Waals surface area contributed by atoms with E-state index in [1.807, 2.05) is 43.9 Å². The second kappa shape index (κ2) is 10.8. The van der Waals surface area contributed by atoms with E-state index in [9.17, 15) is 9.90 Å². The molecule has 0 aliphatic carbocycles. The van der Waals surface area contributed by atoms with Gasteiger partial charge in [0.25, 0.3) is 5.91 Å². The number of allylic oxidation sites excluding steroid dienone is 3. The van der Waals surface area contributed by atoms with Gasteiger partial charge < -0.3 is 15.3 Å². The van der Waals surface area contributed by atoms with Gasteiger partial charge in [-0.2, -0.15) is 15.5 Å². The standard InChI is InChI=1S/C27H32N8O2/c1-19-24(14-21(22-16-31-33(4)17-22)18-35(19)30-11-5-10-28)20-6-7-25(29-15-20)34-12-8-23(9-13-34)32-26(36)27(2,3)37/h6-7,11,14-18,23,37H,1,5,8-9,12-13H2,2-4H3,(H,32,36)/b30-11-. The van der Waals surface area contributed by atoms with E-state index in [1.165, 1.54) is 13.8 Å². The summed E-state index contributed by atoms with van der Waals surface area (Å²) in [5, 5.41) is 32.1. The van der Waals surface area contributed by atoms with Crippen LogP contribution in [0.1, 0.15) is 44.2 Å². The van der Waals surface area contributed by atoms with Crippen molar-refractivity contribution < 1.29 is 9.90 Å². The van der Waals surface area contributed by atoms with E-state index in [2.05, 4.69) is 33.1 Å². The van der Waals surface area contributed by atoms with Crippen LogP contribution in [0.25, 0.3) is 11.1 Å². The Balaban J connectivity index is 1.49. The Morgan fingerprint density at radius 3 is 2.68 bits per heavy atom. The van der Waals surface area contributed by atoms with Gasteiger partial charge >= 0.3 is 0 Å². The number of anilines is 1. The number of hydrogen-bond donors (Lipinski definition) is 2. The van der Waals surface area contributed by atoms with Gasteiger partial charge in [-0.05, 0) is 44.9 Å². The second-order valence-corrected chi connectivity index (χ2v) is 9.70. The molecule has 0 atom stereocenters. The molecule has 0 aromatic carbocycles. The third-order valence-corrected chi connectivity index (χ3v) is 6.34. The number of pyridine rings is 1. The Bertz CT molecular complexity index is 1280. The molecule has 1 fully saturated rings. The fourth-order valence-electron chi connectivity index (χ4n) is 4.21. The van der Waals surface area contributed by atoms with E-state index in [0.717, 1.165) is 54.0 Å². The van der Waals surface area contributed by atoms with E-state index < -0.39 is 5.60 Å². The van der Waals surface area contributed by atoms with Crippen molar-refractivity contribution in [1.82, 2.24) is 25.1 Å². The molecule has 2 aromatic rings. The number of piperidine rings is 1. The Kier molecular flexibility index (Phi) is 7.55. The second-order valence-electron chi connectivity index (χ2n) is 9.70. The maximum Gasteiger partial charge on any atom is 0.251 e. The molecule has 10 heteroatoms. The van der Waals surface area contributed by atoms with Gasteiger partial charge in [-0.3, -0.25) is 9.48 Å². The van der Waals surface area contributed by atoms with Gasteiger partial charge in [-0.25, -0.2) is 9.99 Å². The van der Waals surface area contributed by atoms with E-state index in [4.69, 9.17) is 10.2 Å². The molecule has 1 saturated heterocycles. The van der Waals surface area contributed by atoms with Crippen LogP contribution in [-0.4, -0.2) is 61.7 Å². The van der Waals surface area contributed by atoms with E-state index in [0.29, 0.717) is 5.70 Å². The highest BCUT2D eigenvalue weighted by Gasteiger charge is 2.28. The van der Waals surface area contributed by atoms with E-state index >= 15 is 0 Å². The molecule has 0 unspecified atom stereocenters. The minimum absolute atomic E-state index is 0.0374. The molecule has 0 spiro atoms. The van der Waals surface area contributed by atoms with Crippen LogP contribution < -0.4 is 10.2 Å². The van der Waals surface area contributed by atoms with Gasteiger partial charge in [0.1, 0.15) is 11.4 Å². The van der Waals surface area contributed by atoms with Crippen molar-refractivity contribution in [3.05, 3.63) is 66.4 Å². The van der Waals surface area contributed by atoms with Crippen molar-refractivity contribution in [3.63, 3.8) is 0 Å². The molecule has 192 valence electrons. The van der Waals surface area contributed by atoms with Crippen LogP contribution in [0.2, 0.25) is 0 Å². The molecule has 0 saturated carbocycles. The normalized spacial score (nSPS) is 17.0. The zero-order chi connectivity index (χ0) is 26.6. The first-order valence-electron chi connectivity index (χ1n) is 12.2. The summed E-state index contributed by atoms with van der Waals surface area (Å²) in [5.41, 5.74) is 2.94. The Labute approximate surface area is 216 Å². The first kappa shape index (κ1) is 25.9. The third-order valence-electron chi connectivity index (χ3n) is 6.34. The third kappa shape index (κ3) is 6.13. The monoisotopic (exact) mass is 500 g/mol. The molecule has 10 nitrogen and oxygen atoms in total. The number of carbonyl (C=O) groups excluding carboxylic acids is 1. The van der Waals surface area contributed by atoms with Crippen LogP contribution in [0.15, 0.2) is 60.4 Å². The van der Waals surface area contributed by atoms with Crippen LogP contribution in [-0.2, 0) is 11.8 Å². The lowest BCUT2D eigenvalue weighted by molar-refractivity contribution is -0.137. The van der Waals surface area contributed by atoms with Gasteiger partial charge in [-0.1, -0.05) is 6.58 Å². The molecule has 37 heavy (non-hydrogen) atoms. The number of hydrazone groups is 1. The Morgan fingerprint density at radius 1 is 1.32 bits per heavy atom. The fraction of sp³-hybridized carbons (Fsp3) is 0.370. The highest BCUT2D eigenvalue weighted by Crippen LogP contribution is 2.35. The lowest BCUT2D eigenvalue weighted by Crippen LogP contribution is -2.50. The van der Waals surface area contributed by atoms with Crippen LogP contribution in [0, 0.1) is 11.3 Å². The van der Waals surface area contributed by atoms with Gasteiger partial charge in [0.05, 0.1) is 24.4 Å². The van der Waals surface area contributed by atoms with Crippen molar-refractivity contribution in [2.24, 2.45) is 12.1 Å². The SMILES string of the molecule is C=C1C(c2ccc(N3CCC(NC(=O)C(C)(C)O)CC3)nc2)=CC(c2cnn(C)c2)=CN1/N=C\CC#N. The van der Waals surface area contributed by atoms with Crippen molar-refractivity contribution in [3.8, 4) is 6.07 Å². The Hall–Kier alpha value is -4.23. The summed E-state index contributed by atoms with van der Waals surface area (Å²) in [6.45, 7) is 8.73. The number of nitrogens with one attached hydrogen (secondary N) is 1. The van der Waals surface area contributed by atoms with Gasteiger partial charge in [-0.15, -0.1) is 0 Å². The minimum atomic E-state index is -1.38. The van der Waals surface area contributed by atoms with E-state index in [-0.39, 0.29) is 18.4 Å². The van der Waals surface area contributed by atoms with Crippen molar-refractivity contribution in [2.75, 3.05) is 18.0 Å². The predicted octanol–water partition coefficient (Wildman–Crippen LogP) is 2.82. The number of carbonyl (C=O) groups is 1. The summed E-state index contributed by atoms with van der Waals surface area (Å²) < 4.78 is 1.74. The van der Waals surface area contributed by atoms with Crippen molar-refractivity contribution in [2.45, 2.75) is 44.8 Å². The molecular formula is C27H32N8O2. The molecule has 0 radical (unpaired) electrons. The summed E-state index contributed by atoms with van der Waals surface area (Å²) in [6, 6.07) is 6.11. The summed E-state index contributed by atoms with van der Waals surface area (Å²) >= 11 is 0. The van der Waals surface area contributed by atoms with Gasteiger partial charge in [0.15, 0.2) is 0 Å². The number of aryl methyl sites for hydroxylation is 1. The number of aromatic nitrogens is 3. The topological polar surface area (TPSA) is 123 Å². The number of nitriles is 1. The summed E-state index contributed by atoms with van der Waals surface area (Å²) in [4.78, 5) is 19.0. The molecule has 2 aliphatic rings.